The average Bonchev–Trinajstić information content (AvgIpc) is 2.79. The number of aromatic nitrogens is 2. The molecule has 0 aliphatic rings. The molecule has 3 aromatic rings. The largest absolute Gasteiger partial charge is 0.496 e. The number of hydrogen-bond acceptors (Lipinski definition) is 6. The zero-order valence-electron chi connectivity index (χ0n) is 17.6. The molecule has 0 aliphatic heterocycles. The molecule has 1 aromatic heterocycles. The number of methoxy groups -OCH3 is 1. The number of carboxylic acids is 1. The number of hydrogen-bond donors (Lipinski definition) is 4. The fourth-order valence-corrected chi connectivity index (χ4v) is 3.63. The van der Waals surface area contributed by atoms with E-state index in [2.05, 4.69) is 20.6 Å². The summed E-state index contributed by atoms with van der Waals surface area (Å²) in [5.74, 6) is -2.61. The molecule has 4 N–H and O–H groups in total. The second-order valence-corrected chi connectivity index (χ2v) is 7.72. The second kappa shape index (κ2) is 10.8. The van der Waals surface area contributed by atoms with Crippen molar-refractivity contribution >= 4 is 46.8 Å². The maximum Gasteiger partial charge on any atom is 0.346 e. The molecule has 1 heterocycles. The van der Waals surface area contributed by atoms with Crippen LogP contribution in [0, 0.1) is 0 Å². The molecular weight excluding hydrogens is 487 g/mol. The van der Waals surface area contributed by atoms with E-state index in [4.69, 9.17) is 27.9 Å². The van der Waals surface area contributed by atoms with E-state index < -0.39 is 29.5 Å². The Morgan fingerprint density at radius 2 is 1.76 bits per heavy atom. The number of H-pyrrole nitrogens is 1. The van der Waals surface area contributed by atoms with Gasteiger partial charge in [-0.1, -0.05) is 41.4 Å². The normalized spacial score (nSPS) is 11.4. The molecule has 2 amide bonds. The molecule has 10 nitrogen and oxygen atoms in total. The molecule has 2 aromatic carbocycles. The topological polar surface area (TPSA) is 150 Å². The van der Waals surface area contributed by atoms with Crippen LogP contribution in [-0.4, -0.2) is 46.0 Å². The number of amides is 2. The minimum atomic E-state index is -1.43. The number of halogens is 2. The van der Waals surface area contributed by atoms with Crippen molar-refractivity contribution in [2.24, 2.45) is 0 Å². The molecule has 3 rings (SSSR count). The first-order valence-electron chi connectivity index (χ1n) is 9.71. The summed E-state index contributed by atoms with van der Waals surface area (Å²) in [5.41, 5.74) is -0.537. The number of rotatable bonds is 8. The Bertz CT molecular complexity index is 1290. The van der Waals surface area contributed by atoms with Crippen LogP contribution in [-0.2, 0) is 11.2 Å². The summed E-state index contributed by atoms with van der Waals surface area (Å²) in [5, 5.41) is 14.7. The molecule has 12 heteroatoms. The van der Waals surface area contributed by atoms with Gasteiger partial charge >= 0.3 is 11.7 Å². The Labute approximate surface area is 202 Å². The van der Waals surface area contributed by atoms with Gasteiger partial charge in [-0.15, -0.1) is 0 Å². The third kappa shape index (κ3) is 5.72. The molecule has 0 saturated heterocycles. The quantitative estimate of drug-likeness (QED) is 0.368. The lowest BCUT2D eigenvalue weighted by atomic mass is 10.1. The van der Waals surface area contributed by atoms with Gasteiger partial charge < -0.3 is 20.5 Å². The van der Waals surface area contributed by atoms with Gasteiger partial charge in [0, 0.05) is 18.2 Å². The molecule has 0 aliphatic carbocycles. The number of nitrogens with one attached hydrogen (secondary N) is 3. The molecule has 0 bridgehead atoms. The summed E-state index contributed by atoms with van der Waals surface area (Å²) in [7, 11) is 1.38. The first-order chi connectivity index (χ1) is 16.2. The van der Waals surface area contributed by atoms with E-state index in [0.717, 1.165) is 6.20 Å². The zero-order chi connectivity index (χ0) is 24.8. The smallest absolute Gasteiger partial charge is 0.346 e. The summed E-state index contributed by atoms with van der Waals surface area (Å²) >= 11 is 12.1. The maximum absolute atomic E-state index is 12.7. The summed E-state index contributed by atoms with van der Waals surface area (Å²) in [6, 6.07) is 9.37. The number of nitrogens with zero attached hydrogens (tertiary/aromatic N) is 1. The van der Waals surface area contributed by atoms with E-state index >= 15 is 0 Å². The van der Waals surface area contributed by atoms with Crippen molar-refractivity contribution < 1.29 is 24.2 Å². The van der Waals surface area contributed by atoms with Gasteiger partial charge in [-0.25, -0.2) is 14.6 Å². The van der Waals surface area contributed by atoms with Crippen LogP contribution < -0.4 is 21.1 Å². The van der Waals surface area contributed by atoms with Crippen molar-refractivity contribution in [2.75, 3.05) is 12.4 Å². The molecular formula is C22H18Cl2N4O6. The fraction of sp³-hybridized carbons (Fsp3) is 0.136. The summed E-state index contributed by atoms with van der Waals surface area (Å²) in [6.07, 6.45) is 0.791. The highest BCUT2D eigenvalue weighted by Gasteiger charge is 2.25. The molecule has 176 valence electrons. The SMILES string of the molecule is COc1ccccc1C(=O)N[C@@H](Cc1cnc(=O)[nH]c1NC(=O)c1c(Cl)cccc1Cl)C(=O)O. The van der Waals surface area contributed by atoms with Crippen LogP contribution in [0.5, 0.6) is 5.75 Å². The minimum Gasteiger partial charge on any atom is -0.496 e. The first-order valence-corrected chi connectivity index (χ1v) is 10.5. The lowest BCUT2D eigenvalue weighted by molar-refractivity contribution is -0.139. The van der Waals surface area contributed by atoms with Crippen molar-refractivity contribution in [3.8, 4) is 5.75 Å². The summed E-state index contributed by atoms with van der Waals surface area (Å²) < 4.78 is 5.14. The van der Waals surface area contributed by atoms with Gasteiger partial charge in [0.1, 0.15) is 17.6 Å². The van der Waals surface area contributed by atoms with Gasteiger partial charge in [-0.3, -0.25) is 14.6 Å². The van der Waals surface area contributed by atoms with Crippen molar-refractivity contribution in [1.29, 1.82) is 0 Å². The Morgan fingerprint density at radius 1 is 1.09 bits per heavy atom. The van der Waals surface area contributed by atoms with Crippen LogP contribution in [0.4, 0.5) is 5.82 Å². The predicted octanol–water partition coefficient (Wildman–Crippen LogP) is 2.76. The van der Waals surface area contributed by atoms with E-state index in [-0.39, 0.29) is 44.7 Å². The number of aliphatic carboxylic acids is 1. The first kappa shape index (κ1) is 24.7. The lowest BCUT2D eigenvalue weighted by Gasteiger charge is -2.17. The van der Waals surface area contributed by atoms with Gasteiger partial charge in [-0.2, -0.15) is 0 Å². The number of ether oxygens (including phenoxy) is 1. The Balaban J connectivity index is 1.87. The monoisotopic (exact) mass is 504 g/mol. The number of carboxylic acid groups (broad SMARTS) is 1. The fourth-order valence-electron chi connectivity index (χ4n) is 3.07. The van der Waals surface area contributed by atoms with Crippen LogP contribution in [0.15, 0.2) is 53.5 Å². The number of para-hydroxylation sites is 1. The number of carbonyl (C=O) groups is 3. The van der Waals surface area contributed by atoms with Crippen molar-refractivity contribution in [2.45, 2.75) is 12.5 Å². The van der Waals surface area contributed by atoms with Crippen molar-refractivity contribution in [1.82, 2.24) is 15.3 Å². The second-order valence-electron chi connectivity index (χ2n) is 6.91. The van der Waals surface area contributed by atoms with E-state index in [0.29, 0.717) is 0 Å². The van der Waals surface area contributed by atoms with E-state index in [1.165, 1.54) is 25.3 Å². The van der Waals surface area contributed by atoms with Crippen LogP contribution in [0.2, 0.25) is 10.0 Å². The van der Waals surface area contributed by atoms with Crippen molar-refractivity contribution in [3.05, 3.63) is 85.9 Å². The Morgan fingerprint density at radius 3 is 2.41 bits per heavy atom. The van der Waals surface area contributed by atoms with Crippen LogP contribution in [0.25, 0.3) is 0 Å². The van der Waals surface area contributed by atoms with Gasteiger partial charge in [0.15, 0.2) is 0 Å². The number of anilines is 1. The number of benzene rings is 2. The van der Waals surface area contributed by atoms with Gasteiger partial charge in [-0.05, 0) is 24.3 Å². The predicted molar refractivity (Wildman–Crippen MR) is 125 cm³/mol. The molecule has 1 atom stereocenters. The van der Waals surface area contributed by atoms with Crippen LogP contribution in [0.3, 0.4) is 0 Å². The zero-order valence-corrected chi connectivity index (χ0v) is 19.1. The van der Waals surface area contributed by atoms with Gasteiger partial charge in [0.2, 0.25) is 0 Å². The molecule has 0 spiro atoms. The Hall–Kier alpha value is -3.89. The van der Waals surface area contributed by atoms with Gasteiger partial charge in [0.05, 0.1) is 28.3 Å². The standard InChI is InChI=1S/C22H18Cl2N4O6/c1-34-16-8-3-2-5-12(16)19(29)26-15(21(31)32)9-11-10-25-22(33)28-18(11)27-20(30)17-13(23)6-4-7-14(17)24/h2-8,10,15H,9H2,1H3,(H,26,29)(H,31,32)(H2,25,27,28,30,33)/t15-/m0/s1. The number of carbonyl (C=O) groups excluding carboxylic acids is 2. The molecule has 34 heavy (non-hydrogen) atoms. The van der Waals surface area contributed by atoms with E-state index in [1.54, 1.807) is 24.3 Å². The van der Waals surface area contributed by atoms with Gasteiger partial charge in [0.25, 0.3) is 11.8 Å². The van der Waals surface area contributed by atoms with Crippen molar-refractivity contribution in [3.63, 3.8) is 0 Å². The lowest BCUT2D eigenvalue weighted by Crippen LogP contribution is -2.42. The number of aromatic amines is 1. The average molecular weight is 505 g/mol. The highest BCUT2D eigenvalue weighted by atomic mass is 35.5. The highest BCUT2D eigenvalue weighted by Crippen LogP contribution is 2.25. The van der Waals surface area contributed by atoms with Crippen LogP contribution >= 0.6 is 23.2 Å². The molecule has 0 radical (unpaired) electrons. The molecule has 0 fully saturated rings. The van der Waals surface area contributed by atoms with E-state index in [1.807, 2.05) is 0 Å². The van der Waals surface area contributed by atoms with Crippen LogP contribution in [0.1, 0.15) is 26.3 Å². The summed E-state index contributed by atoms with van der Waals surface area (Å²) in [6.45, 7) is 0. The third-order valence-corrected chi connectivity index (χ3v) is 5.33. The molecule has 0 saturated carbocycles. The molecule has 0 unspecified atom stereocenters. The Kier molecular flexibility index (Phi) is 7.87. The summed E-state index contributed by atoms with van der Waals surface area (Å²) in [4.78, 5) is 55.0. The minimum absolute atomic E-state index is 0.0336. The highest BCUT2D eigenvalue weighted by molar-refractivity contribution is 6.40. The maximum atomic E-state index is 12.7. The third-order valence-electron chi connectivity index (χ3n) is 4.70. The van der Waals surface area contributed by atoms with E-state index in [9.17, 15) is 24.3 Å².